The number of hydrogen-bond donors (Lipinski definition) is 0. The number of fused-ring (bicyclic) bond motifs is 4. The van der Waals surface area contributed by atoms with Crippen LogP contribution in [0, 0.1) is 0 Å². The molecular formula is C18H45O12Si9. The van der Waals surface area contributed by atoms with Crippen LogP contribution < -0.4 is 0 Å². The number of hydrogen-bond acceptors (Lipinski definition) is 12. The zero-order valence-corrected chi connectivity index (χ0v) is 33.8. The summed E-state index contributed by atoms with van der Waals surface area (Å²) in [7, 11) is -26.6. The van der Waals surface area contributed by atoms with Crippen molar-refractivity contribution in [3.05, 3.63) is 0 Å². The zero-order valence-electron chi connectivity index (χ0n) is 24.8. The Balaban J connectivity index is 2.03. The van der Waals surface area contributed by atoms with Crippen LogP contribution in [0.25, 0.3) is 0 Å². The predicted octanol–water partition coefficient (Wildman–Crippen LogP) is 4.52. The van der Waals surface area contributed by atoms with E-state index in [4.69, 9.17) is 49.4 Å². The Labute approximate surface area is 245 Å². The van der Waals surface area contributed by atoms with Crippen LogP contribution in [0.15, 0.2) is 0 Å². The van der Waals surface area contributed by atoms with E-state index in [0.717, 1.165) is 0 Å². The average Bonchev–Trinajstić information content (AvgIpc) is 2.92. The van der Waals surface area contributed by atoms with E-state index < -0.39 is 80.7 Å². The Morgan fingerprint density at radius 3 is 0.769 bits per heavy atom. The molecule has 4 rings (SSSR count). The predicted molar refractivity (Wildman–Crippen MR) is 159 cm³/mol. The molecule has 3 radical (unpaired) electrons. The van der Waals surface area contributed by atoms with E-state index in [9.17, 15) is 0 Å². The number of rotatable bonds is 9. The van der Waals surface area contributed by atoms with E-state index >= 15 is 0 Å². The molecule has 39 heavy (non-hydrogen) atoms. The molecule has 4 saturated heterocycles. The molecule has 4 heterocycles. The van der Waals surface area contributed by atoms with Crippen LogP contribution in [0.5, 0.6) is 0 Å². The van der Waals surface area contributed by atoms with Gasteiger partial charge in [0.15, 0.2) is 0 Å². The van der Waals surface area contributed by atoms with Gasteiger partial charge in [0.1, 0.15) is 0 Å². The van der Waals surface area contributed by atoms with Crippen molar-refractivity contribution in [3.63, 3.8) is 0 Å². The highest BCUT2D eigenvalue weighted by Crippen LogP contribution is 2.46. The second kappa shape index (κ2) is 12.8. The molecule has 0 aromatic carbocycles. The third kappa shape index (κ3) is 6.62. The van der Waals surface area contributed by atoms with Gasteiger partial charge in [-0.1, -0.05) is 62.3 Å². The minimum Gasteiger partial charge on any atom is -0.393 e. The van der Waals surface area contributed by atoms with Gasteiger partial charge in [0, 0.05) is 36.3 Å². The summed E-state index contributed by atoms with van der Waals surface area (Å²) in [5.41, 5.74) is 0. The summed E-state index contributed by atoms with van der Waals surface area (Å²) in [5, 5.41) is 0. The first-order valence-electron chi connectivity index (χ1n) is 14.4. The fraction of sp³-hybridized carbons (Fsp3) is 1.00. The molecule has 0 aromatic rings. The second-order valence-corrected chi connectivity index (χ2v) is 36.2. The van der Waals surface area contributed by atoms with Crippen LogP contribution in [-0.4, -0.2) is 80.7 Å². The fourth-order valence-corrected chi connectivity index (χ4v) is 49.6. The molecule has 4 aliphatic heterocycles. The molecular weight excluding hydrogens is 661 g/mol. The monoisotopic (exact) mass is 705 g/mol. The summed E-state index contributed by atoms with van der Waals surface area (Å²) in [6, 6.07) is 5.02. The SMILES string of the molecule is CC[Si]1O[Si]2(CC)O[Si](CC)O[Si]3(CC)O[Si]4(CC)O[Si](CC)O[Si](CC)(O1)O[Si](CC)(O4)O[Si](CC)(O2)O3. The average molecular weight is 706 g/mol. The summed E-state index contributed by atoms with van der Waals surface area (Å²) >= 11 is 0. The van der Waals surface area contributed by atoms with Gasteiger partial charge in [-0.2, -0.15) is 0 Å². The van der Waals surface area contributed by atoms with Crippen LogP contribution in [0.3, 0.4) is 0 Å². The molecule has 21 heteroatoms. The molecule has 6 unspecified atom stereocenters. The standard InChI is InChI=1S/C18H45O12Si9/c1-10-31-19-34(13-4)21-32(11-2)23-36(15-6)27-37(16-7)24-33(12-3)22-35(14-5,20-31)26-39(18-9,29-37)30-38(17-8,25-34)28-36/h10-18H2,1-9H3. The van der Waals surface area contributed by atoms with Crippen molar-refractivity contribution in [1.82, 2.24) is 0 Å². The van der Waals surface area contributed by atoms with E-state index in [1.54, 1.807) is 0 Å². The highest BCUT2D eigenvalue weighted by Gasteiger charge is 2.73. The third-order valence-electron chi connectivity index (χ3n) is 6.95. The molecule has 0 aliphatic carbocycles. The Morgan fingerprint density at radius 2 is 0.513 bits per heavy atom. The van der Waals surface area contributed by atoms with E-state index in [0.29, 0.717) is 54.4 Å². The zero-order chi connectivity index (χ0) is 28.6. The van der Waals surface area contributed by atoms with Crippen LogP contribution in [0.2, 0.25) is 54.4 Å². The Hall–Kier alpha value is 1.47. The van der Waals surface area contributed by atoms with Crippen molar-refractivity contribution >= 4 is 80.7 Å². The van der Waals surface area contributed by atoms with Gasteiger partial charge in [-0.05, 0) is 18.1 Å². The van der Waals surface area contributed by atoms with E-state index in [1.807, 2.05) is 41.5 Å². The Morgan fingerprint density at radius 1 is 0.308 bits per heavy atom. The maximum Gasteiger partial charge on any atom is 0.478 e. The maximum atomic E-state index is 7.13. The van der Waals surface area contributed by atoms with Crippen LogP contribution in [-0.2, 0) is 49.4 Å². The van der Waals surface area contributed by atoms with Gasteiger partial charge < -0.3 is 49.4 Å². The molecule has 4 aliphatic rings. The molecule has 225 valence electrons. The first kappa shape index (κ1) is 33.4. The lowest BCUT2D eigenvalue weighted by atomic mass is 11.0. The quantitative estimate of drug-likeness (QED) is 0.315. The van der Waals surface area contributed by atoms with E-state index in [2.05, 4.69) is 20.8 Å². The van der Waals surface area contributed by atoms with Crippen LogP contribution >= 0.6 is 0 Å². The maximum absolute atomic E-state index is 7.13. The lowest BCUT2D eigenvalue weighted by molar-refractivity contribution is 0.0305. The highest BCUT2D eigenvalue weighted by molar-refractivity contribution is 6.97. The highest BCUT2D eigenvalue weighted by atomic mass is 28.6. The largest absolute Gasteiger partial charge is 0.478 e. The van der Waals surface area contributed by atoms with E-state index in [1.165, 1.54) is 0 Å². The summed E-state index contributed by atoms with van der Waals surface area (Å²) < 4.78 is 83.7. The first-order valence-corrected chi connectivity index (χ1v) is 30.6. The minimum absolute atomic E-state index is 0.466. The van der Waals surface area contributed by atoms with Crippen LogP contribution in [0.1, 0.15) is 62.3 Å². The summed E-state index contributed by atoms with van der Waals surface area (Å²) in [6.07, 6.45) is 0. The van der Waals surface area contributed by atoms with Gasteiger partial charge >= 0.3 is 80.7 Å². The van der Waals surface area contributed by atoms with Crippen molar-refractivity contribution in [2.45, 2.75) is 117 Å². The molecule has 0 amide bonds. The topological polar surface area (TPSA) is 111 Å². The van der Waals surface area contributed by atoms with Crippen molar-refractivity contribution in [2.24, 2.45) is 0 Å². The molecule has 0 saturated carbocycles. The van der Waals surface area contributed by atoms with Crippen molar-refractivity contribution < 1.29 is 49.4 Å². The van der Waals surface area contributed by atoms with Crippen molar-refractivity contribution in [3.8, 4) is 0 Å². The lowest BCUT2D eigenvalue weighted by Crippen LogP contribution is -2.80. The van der Waals surface area contributed by atoms with Gasteiger partial charge in [0.25, 0.3) is 0 Å². The first-order chi connectivity index (χ1) is 18.5. The molecule has 6 atom stereocenters. The Bertz CT molecular complexity index is 795. The lowest BCUT2D eigenvalue weighted by Gasteiger charge is -2.56. The summed E-state index contributed by atoms with van der Waals surface area (Å²) in [6.45, 7) is 18.3. The van der Waals surface area contributed by atoms with Crippen molar-refractivity contribution in [2.75, 3.05) is 0 Å². The molecule has 0 N–H and O–H groups in total. The van der Waals surface area contributed by atoms with Gasteiger partial charge in [-0.3, -0.25) is 0 Å². The van der Waals surface area contributed by atoms with Crippen molar-refractivity contribution in [1.29, 1.82) is 0 Å². The smallest absolute Gasteiger partial charge is 0.393 e. The van der Waals surface area contributed by atoms with Gasteiger partial charge in [0.05, 0.1) is 0 Å². The molecule has 6 bridgehead atoms. The molecule has 4 fully saturated rings. The van der Waals surface area contributed by atoms with Crippen LogP contribution in [0.4, 0.5) is 0 Å². The normalized spacial score (nSPS) is 44.5. The molecule has 12 nitrogen and oxygen atoms in total. The molecule has 0 aromatic heterocycles. The summed E-state index contributed by atoms with van der Waals surface area (Å²) in [4.78, 5) is 0. The second-order valence-electron chi connectivity index (χ2n) is 9.62. The molecule has 0 spiro atoms. The Kier molecular flexibility index (Phi) is 11.0. The minimum atomic E-state index is -3.60. The van der Waals surface area contributed by atoms with Gasteiger partial charge in [0.2, 0.25) is 0 Å². The van der Waals surface area contributed by atoms with Gasteiger partial charge in [-0.15, -0.1) is 0 Å². The fourth-order valence-electron chi connectivity index (χ4n) is 4.63. The third-order valence-corrected chi connectivity index (χ3v) is 41.7. The van der Waals surface area contributed by atoms with Gasteiger partial charge in [-0.25, -0.2) is 0 Å². The summed E-state index contributed by atoms with van der Waals surface area (Å²) in [5.74, 6) is 0. The van der Waals surface area contributed by atoms with E-state index in [-0.39, 0.29) is 0 Å².